The van der Waals surface area contributed by atoms with Crippen LogP contribution in [0.3, 0.4) is 0 Å². The van der Waals surface area contributed by atoms with E-state index in [2.05, 4.69) is 28.9 Å². The van der Waals surface area contributed by atoms with Crippen molar-refractivity contribution in [3.05, 3.63) is 23.5 Å². The van der Waals surface area contributed by atoms with Crippen LogP contribution in [0, 0.1) is 12.8 Å². The maximum Gasteiger partial charge on any atom is 0.138 e. The second-order valence-electron chi connectivity index (χ2n) is 5.86. The molecule has 0 spiro atoms. The zero-order chi connectivity index (χ0) is 13.8. The Balaban J connectivity index is 1.87. The molecule has 1 N–H and O–H groups in total. The van der Waals surface area contributed by atoms with E-state index < -0.39 is 0 Å². The Morgan fingerprint density at radius 3 is 2.74 bits per heavy atom. The summed E-state index contributed by atoms with van der Waals surface area (Å²) in [6.07, 6.45) is 2.54. The largest absolute Gasteiger partial charge is 0.506 e. The molecule has 1 aromatic rings. The summed E-state index contributed by atoms with van der Waals surface area (Å²) in [6, 6.07) is 3.58. The van der Waals surface area contributed by atoms with Gasteiger partial charge in [-0.3, -0.25) is 4.98 Å². The number of hydrogen-bond acceptors (Lipinski definition) is 4. The number of rotatable bonds is 4. The third-order valence-corrected chi connectivity index (χ3v) is 3.92. The molecule has 19 heavy (non-hydrogen) atoms. The van der Waals surface area contributed by atoms with Gasteiger partial charge in [-0.2, -0.15) is 0 Å². The van der Waals surface area contributed by atoms with Crippen LogP contribution in [0.25, 0.3) is 0 Å². The first-order valence-electron chi connectivity index (χ1n) is 7.07. The molecular formula is C15H25N3O. The molecule has 0 amide bonds. The lowest BCUT2D eigenvalue weighted by atomic mass is 9.96. The monoisotopic (exact) mass is 263 g/mol. The van der Waals surface area contributed by atoms with Gasteiger partial charge >= 0.3 is 0 Å². The number of likely N-dealkylation sites (tertiary alicyclic amines) is 1. The lowest BCUT2D eigenvalue weighted by molar-refractivity contribution is 0.172. The second kappa shape index (κ2) is 6.35. The Bertz CT molecular complexity index is 414. The van der Waals surface area contributed by atoms with E-state index in [9.17, 15) is 5.11 Å². The molecule has 106 valence electrons. The van der Waals surface area contributed by atoms with Crippen LogP contribution in [0.1, 0.15) is 24.2 Å². The number of nitrogens with zero attached hydrogens (tertiary/aromatic N) is 3. The summed E-state index contributed by atoms with van der Waals surface area (Å²) in [5.41, 5.74) is 1.75. The van der Waals surface area contributed by atoms with Crippen molar-refractivity contribution in [3.8, 4) is 5.75 Å². The fourth-order valence-electron chi connectivity index (χ4n) is 2.73. The van der Waals surface area contributed by atoms with Crippen LogP contribution in [0.5, 0.6) is 5.75 Å². The maximum absolute atomic E-state index is 9.83. The maximum atomic E-state index is 9.83. The van der Waals surface area contributed by atoms with Crippen LogP contribution in [-0.4, -0.2) is 53.6 Å². The Hall–Kier alpha value is -1.13. The van der Waals surface area contributed by atoms with Crippen molar-refractivity contribution in [2.24, 2.45) is 5.92 Å². The first-order valence-corrected chi connectivity index (χ1v) is 7.07. The molecule has 2 rings (SSSR count). The highest BCUT2D eigenvalue weighted by Crippen LogP contribution is 2.20. The van der Waals surface area contributed by atoms with Crippen LogP contribution >= 0.6 is 0 Å². The van der Waals surface area contributed by atoms with E-state index in [0.717, 1.165) is 30.4 Å². The predicted molar refractivity (Wildman–Crippen MR) is 77.2 cm³/mol. The van der Waals surface area contributed by atoms with Crippen molar-refractivity contribution < 1.29 is 5.11 Å². The van der Waals surface area contributed by atoms with Crippen LogP contribution in [0.15, 0.2) is 12.1 Å². The van der Waals surface area contributed by atoms with E-state index in [4.69, 9.17) is 0 Å². The minimum Gasteiger partial charge on any atom is -0.506 e. The molecule has 1 aromatic heterocycles. The molecule has 1 aliphatic heterocycles. The Labute approximate surface area is 116 Å². The van der Waals surface area contributed by atoms with E-state index in [1.54, 1.807) is 6.07 Å². The van der Waals surface area contributed by atoms with Crippen molar-refractivity contribution in [1.82, 2.24) is 14.8 Å². The minimum atomic E-state index is 0.306. The Morgan fingerprint density at radius 2 is 2.05 bits per heavy atom. The first-order chi connectivity index (χ1) is 9.04. The summed E-state index contributed by atoms with van der Waals surface area (Å²) >= 11 is 0. The van der Waals surface area contributed by atoms with Gasteiger partial charge in [-0.1, -0.05) is 0 Å². The molecule has 1 aliphatic rings. The third kappa shape index (κ3) is 4.18. The molecule has 0 atom stereocenters. The molecule has 4 nitrogen and oxygen atoms in total. The zero-order valence-electron chi connectivity index (χ0n) is 12.3. The lowest BCUT2D eigenvalue weighted by Crippen LogP contribution is -2.35. The van der Waals surface area contributed by atoms with Crippen LogP contribution in [-0.2, 0) is 6.54 Å². The van der Waals surface area contributed by atoms with Gasteiger partial charge < -0.3 is 14.9 Å². The van der Waals surface area contributed by atoms with Gasteiger partial charge in [-0.05, 0) is 65.0 Å². The van der Waals surface area contributed by atoms with Crippen LogP contribution in [0.2, 0.25) is 0 Å². The molecule has 0 aromatic carbocycles. The first kappa shape index (κ1) is 14.3. The molecule has 0 bridgehead atoms. The number of aryl methyl sites for hydroxylation is 1. The molecule has 4 heteroatoms. The molecule has 0 saturated carbocycles. The van der Waals surface area contributed by atoms with Gasteiger partial charge in [0.1, 0.15) is 5.75 Å². The quantitative estimate of drug-likeness (QED) is 0.900. The topological polar surface area (TPSA) is 39.6 Å². The van der Waals surface area contributed by atoms with Gasteiger partial charge in [0.2, 0.25) is 0 Å². The fraction of sp³-hybridized carbons (Fsp3) is 0.667. The molecule has 1 fully saturated rings. The second-order valence-corrected chi connectivity index (χ2v) is 5.86. The Morgan fingerprint density at radius 1 is 1.37 bits per heavy atom. The van der Waals surface area contributed by atoms with Crippen LogP contribution in [0.4, 0.5) is 0 Å². The zero-order valence-corrected chi connectivity index (χ0v) is 12.3. The third-order valence-electron chi connectivity index (χ3n) is 3.92. The minimum absolute atomic E-state index is 0.306. The van der Waals surface area contributed by atoms with Gasteiger partial charge in [-0.15, -0.1) is 0 Å². The van der Waals surface area contributed by atoms with E-state index in [1.165, 1.54) is 25.9 Å². The average molecular weight is 263 g/mol. The fourth-order valence-corrected chi connectivity index (χ4v) is 2.73. The predicted octanol–water partition coefficient (Wildman–Crippen LogP) is 1.87. The van der Waals surface area contributed by atoms with E-state index in [0.29, 0.717) is 5.75 Å². The van der Waals surface area contributed by atoms with Gasteiger partial charge in [-0.25, -0.2) is 0 Å². The number of aromatic nitrogens is 1. The molecular weight excluding hydrogens is 238 g/mol. The Kier molecular flexibility index (Phi) is 4.77. The summed E-state index contributed by atoms with van der Waals surface area (Å²) in [6.45, 7) is 6.17. The van der Waals surface area contributed by atoms with Crippen LogP contribution < -0.4 is 0 Å². The number of aromatic hydroxyl groups is 1. The summed E-state index contributed by atoms with van der Waals surface area (Å²) < 4.78 is 0. The smallest absolute Gasteiger partial charge is 0.138 e. The van der Waals surface area contributed by atoms with Gasteiger partial charge in [0.05, 0.1) is 5.69 Å². The van der Waals surface area contributed by atoms with Crippen molar-refractivity contribution >= 4 is 0 Å². The van der Waals surface area contributed by atoms with Gasteiger partial charge in [0, 0.05) is 18.8 Å². The lowest BCUT2D eigenvalue weighted by Gasteiger charge is -2.31. The molecule has 2 heterocycles. The highest BCUT2D eigenvalue weighted by Gasteiger charge is 2.18. The van der Waals surface area contributed by atoms with Crippen molar-refractivity contribution in [2.75, 3.05) is 33.7 Å². The van der Waals surface area contributed by atoms with Crippen molar-refractivity contribution in [1.29, 1.82) is 0 Å². The van der Waals surface area contributed by atoms with Gasteiger partial charge in [0.25, 0.3) is 0 Å². The average Bonchev–Trinajstić information content (AvgIpc) is 2.37. The van der Waals surface area contributed by atoms with Crippen molar-refractivity contribution in [2.45, 2.75) is 26.3 Å². The number of piperidine rings is 1. The molecule has 0 aliphatic carbocycles. The molecule has 0 unspecified atom stereocenters. The standard InChI is InChI=1S/C15H25N3O/c1-12-4-5-15(19)14(16-12)11-18(3)10-13-6-8-17(2)9-7-13/h4-5,13,19H,6-11H2,1-3H3. The van der Waals surface area contributed by atoms with E-state index in [1.807, 2.05) is 13.0 Å². The highest BCUT2D eigenvalue weighted by molar-refractivity contribution is 5.27. The molecule has 1 saturated heterocycles. The summed E-state index contributed by atoms with van der Waals surface area (Å²) in [5, 5.41) is 9.83. The van der Waals surface area contributed by atoms with Gasteiger partial charge in [0.15, 0.2) is 0 Å². The summed E-state index contributed by atoms with van der Waals surface area (Å²) in [4.78, 5) is 9.09. The molecule has 0 radical (unpaired) electrons. The highest BCUT2D eigenvalue weighted by atomic mass is 16.3. The number of pyridine rings is 1. The number of hydrogen-bond donors (Lipinski definition) is 1. The summed E-state index contributed by atoms with van der Waals surface area (Å²) in [5.74, 6) is 1.08. The van der Waals surface area contributed by atoms with Crippen molar-refractivity contribution in [3.63, 3.8) is 0 Å². The normalized spacial score (nSPS) is 18.1. The van der Waals surface area contributed by atoms with E-state index >= 15 is 0 Å². The SMILES string of the molecule is Cc1ccc(O)c(CN(C)CC2CCN(C)CC2)n1. The van der Waals surface area contributed by atoms with E-state index in [-0.39, 0.29) is 0 Å². The summed E-state index contributed by atoms with van der Waals surface area (Å²) in [7, 11) is 4.30.